The number of aromatic hydroxyl groups is 1. The molecule has 2 aromatic rings. The van der Waals surface area contributed by atoms with E-state index in [0.29, 0.717) is 10.2 Å². The molecule has 106 valence electrons. The topological polar surface area (TPSA) is 75.6 Å². The molecular weight excluding hydrogens is 346 g/mol. The number of halogens is 1. The molecule has 0 atom stereocenters. The molecule has 7 heteroatoms. The summed E-state index contributed by atoms with van der Waals surface area (Å²) in [6.45, 7) is 0. The van der Waals surface area contributed by atoms with Crippen LogP contribution in [0.4, 0.5) is 5.69 Å². The van der Waals surface area contributed by atoms with E-state index in [1.807, 2.05) is 0 Å². The Balaban J connectivity index is 2.32. The first-order valence-electron chi connectivity index (χ1n) is 5.58. The second-order valence-electron chi connectivity index (χ2n) is 3.94. The van der Waals surface area contributed by atoms with Crippen LogP contribution in [0.5, 0.6) is 11.5 Å². The first-order chi connectivity index (χ1) is 9.42. The lowest BCUT2D eigenvalue weighted by Gasteiger charge is -2.10. The highest BCUT2D eigenvalue weighted by atomic mass is 79.9. The monoisotopic (exact) mass is 357 g/mol. The zero-order valence-corrected chi connectivity index (χ0v) is 12.9. The first-order valence-corrected chi connectivity index (χ1v) is 7.85. The van der Waals surface area contributed by atoms with E-state index >= 15 is 0 Å². The molecule has 20 heavy (non-hydrogen) atoms. The minimum atomic E-state index is -3.76. The number of methoxy groups -OCH3 is 1. The Morgan fingerprint density at radius 2 is 1.80 bits per heavy atom. The van der Waals surface area contributed by atoms with Crippen molar-refractivity contribution in [3.05, 3.63) is 46.9 Å². The van der Waals surface area contributed by atoms with E-state index in [4.69, 9.17) is 4.74 Å². The number of rotatable bonds is 4. The van der Waals surface area contributed by atoms with Crippen molar-refractivity contribution in [3.8, 4) is 11.5 Å². The quantitative estimate of drug-likeness (QED) is 0.824. The minimum Gasteiger partial charge on any atom is -0.506 e. The number of hydrogen-bond acceptors (Lipinski definition) is 4. The molecule has 2 N–H and O–H groups in total. The van der Waals surface area contributed by atoms with Gasteiger partial charge in [0.05, 0.1) is 17.7 Å². The van der Waals surface area contributed by atoms with Gasteiger partial charge in [0.15, 0.2) is 0 Å². The third kappa shape index (κ3) is 3.23. The van der Waals surface area contributed by atoms with Gasteiger partial charge in [-0.3, -0.25) is 4.72 Å². The first kappa shape index (κ1) is 14.7. The molecule has 0 saturated carbocycles. The summed E-state index contributed by atoms with van der Waals surface area (Å²) in [6, 6.07) is 10.4. The average Bonchev–Trinajstić information content (AvgIpc) is 2.43. The second-order valence-corrected chi connectivity index (χ2v) is 6.54. The maximum atomic E-state index is 12.2. The van der Waals surface area contributed by atoms with Crippen LogP contribution in [0.15, 0.2) is 51.8 Å². The lowest BCUT2D eigenvalue weighted by atomic mass is 10.3. The SMILES string of the molecule is COc1ccc(S(=O)(=O)Nc2cc(Br)ccc2O)cc1. The van der Waals surface area contributed by atoms with Gasteiger partial charge in [-0.1, -0.05) is 15.9 Å². The summed E-state index contributed by atoms with van der Waals surface area (Å²) in [5.41, 5.74) is 0.107. The molecule has 0 radical (unpaired) electrons. The molecule has 0 heterocycles. The van der Waals surface area contributed by atoms with Gasteiger partial charge >= 0.3 is 0 Å². The Labute approximate surface area is 125 Å². The number of ether oxygens (including phenoxy) is 1. The molecule has 0 aromatic heterocycles. The van der Waals surface area contributed by atoms with Crippen LogP contribution in [0, 0.1) is 0 Å². The highest BCUT2D eigenvalue weighted by molar-refractivity contribution is 9.10. The fourth-order valence-corrected chi connectivity index (χ4v) is 2.97. The number of sulfonamides is 1. The average molecular weight is 358 g/mol. The van der Waals surface area contributed by atoms with Crippen molar-refractivity contribution in [3.63, 3.8) is 0 Å². The van der Waals surface area contributed by atoms with Gasteiger partial charge in [-0.25, -0.2) is 8.42 Å². The van der Waals surface area contributed by atoms with Crippen molar-refractivity contribution in [1.29, 1.82) is 0 Å². The lowest BCUT2D eigenvalue weighted by molar-refractivity contribution is 0.414. The molecule has 0 aliphatic heterocycles. The number of hydrogen-bond donors (Lipinski definition) is 2. The van der Waals surface area contributed by atoms with E-state index in [1.165, 1.54) is 31.4 Å². The standard InChI is InChI=1S/C13H12BrNO4S/c1-19-10-3-5-11(6-4-10)20(17,18)15-12-8-9(14)2-7-13(12)16/h2-8,15-16H,1H3. The van der Waals surface area contributed by atoms with Crippen LogP contribution in [0.2, 0.25) is 0 Å². The van der Waals surface area contributed by atoms with Crippen molar-refractivity contribution in [2.75, 3.05) is 11.8 Å². The van der Waals surface area contributed by atoms with Gasteiger partial charge in [0.2, 0.25) is 0 Å². The predicted octanol–water partition coefficient (Wildman–Crippen LogP) is 2.96. The van der Waals surface area contributed by atoms with Gasteiger partial charge in [0, 0.05) is 4.47 Å². The maximum Gasteiger partial charge on any atom is 0.262 e. The fraction of sp³-hybridized carbons (Fsp3) is 0.0769. The summed E-state index contributed by atoms with van der Waals surface area (Å²) in [5, 5.41) is 9.66. The van der Waals surface area contributed by atoms with Crippen molar-refractivity contribution < 1.29 is 18.3 Å². The Morgan fingerprint density at radius 3 is 2.40 bits per heavy atom. The van der Waals surface area contributed by atoms with Crippen LogP contribution in [-0.2, 0) is 10.0 Å². The van der Waals surface area contributed by atoms with Crippen molar-refractivity contribution in [2.24, 2.45) is 0 Å². The lowest BCUT2D eigenvalue weighted by Crippen LogP contribution is -2.13. The molecule has 2 rings (SSSR count). The fourth-order valence-electron chi connectivity index (χ4n) is 1.55. The van der Waals surface area contributed by atoms with Gasteiger partial charge in [0.25, 0.3) is 10.0 Å². The summed E-state index contributed by atoms with van der Waals surface area (Å²) in [5.74, 6) is 0.416. The number of phenols is 1. The Hall–Kier alpha value is -1.73. The van der Waals surface area contributed by atoms with Gasteiger partial charge in [-0.15, -0.1) is 0 Å². The molecule has 0 spiro atoms. The zero-order chi connectivity index (χ0) is 14.8. The molecule has 0 aliphatic rings. The molecule has 0 fully saturated rings. The van der Waals surface area contributed by atoms with Crippen molar-refractivity contribution in [2.45, 2.75) is 4.90 Å². The minimum absolute atomic E-state index is 0.0812. The van der Waals surface area contributed by atoms with E-state index < -0.39 is 10.0 Å². The Bertz CT molecular complexity index is 714. The van der Waals surface area contributed by atoms with Crippen molar-refractivity contribution in [1.82, 2.24) is 0 Å². The summed E-state index contributed by atoms with van der Waals surface area (Å²) in [7, 11) is -2.26. The Kier molecular flexibility index (Phi) is 4.20. The summed E-state index contributed by atoms with van der Waals surface area (Å²) < 4.78 is 32.3. The highest BCUT2D eigenvalue weighted by Gasteiger charge is 2.16. The van der Waals surface area contributed by atoms with Gasteiger partial charge in [-0.05, 0) is 42.5 Å². The van der Waals surface area contributed by atoms with E-state index in [2.05, 4.69) is 20.7 Å². The number of phenolic OH excluding ortho intramolecular Hbond substituents is 1. The number of nitrogens with one attached hydrogen (secondary N) is 1. The van der Waals surface area contributed by atoms with Crippen LogP contribution >= 0.6 is 15.9 Å². The van der Waals surface area contributed by atoms with Crippen LogP contribution in [0.1, 0.15) is 0 Å². The van der Waals surface area contributed by atoms with Crippen molar-refractivity contribution >= 4 is 31.6 Å². The van der Waals surface area contributed by atoms with E-state index in [-0.39, 0.29) is 16.3 Å². The number of anilines is 1. The Morgan fingerprint density at radius 1 is 1.15 bits per heavy atom. The van der Waals surface area contributed by atoms with Crippen LogP contribution < -0.4 is 9.46 Å². The molecule has 2 aromatic carbocycles. The highest BCUT2D eigenvalue weighted by Crippen LogP contribution is 2.29. The molecule has 0 amide bonds. The van der Waals surface area contributed by atoms with Crippen LogP contribution in [-0.4, -0.2) is 20.6 Å². The van der Waals surface area contributed by atoms with Gasteiger partial charge in [-0.2, -0.15) is 0 Å². The largest absolute Gasteiger partial charge is 0.506 e. The van der Waals surface area contributed by atoms with E-state index in [0.717, 1.165) is 0 Å². The smallest absolute Gasteiger partial charge is 0.262 e. The second kappa shape index (κ2) is 5.72. The molecular formula is C13H12BrNO4S. The zero-order valence-electron chi connectivity index (χ0n) is 10.5. The maximum absolute atomic E-state index is 12.2. The summed E-state index contributed by atoms with van der Waals surface area (Å²) in [4.78, 5) is 0.0812. The summed E-state index contributed by atoms with van der Waals surface area (Å²) >= 11 is 3.22. The van der Waals surface area contributed by atoms with Crippen LogP contribution in [0.25, 0.3) is 0 Å². The van der Waals surface area contributed by atoms with E-state index in [9.17, 15) is 13.5 Å². The molecule has 5 nitrogen and oxygen atoms in total. The van der Waals surface area contributed by atoms with Gasteiger partial charge in [0.1, 0.15) is 11.5 Å². The third-order valence-corrected chi connectivity index (χ3v) is 4.45. The predicted molar refractivity (Wildman–Crippen MR) is 79.6 cm³/mol. The van der Waals surface area contributed by atoms with Gasteiger partial charge < -0.3 is 9.84 Å². The molecule has 0 aliphatic carbocycles. The van der Waals surface area contributed by atoms with E-state index in [1.54, 1.807) is 18.2 Å². The molecule has 0 unspecified atom stereocenters. The normalized spacial score (nSPS) is 11.1. The number of benzene rings is 2. The molecule has 0 bridgehead atoms. The molecule has 0 saturated heterocycles. The third-order valence-electron chi connectivity index (χ3n) is 2.57. The summed E-state index contributed by atoms with van der Waals surface area (Å²) in [6.07, 6.45) is 0. The van der Waals surface area contributed by atoms with Crippen LogP contribution in [0.3, 0.4) is 0 Å².